The largest absolute Gasteiger partial charge is 0.360 e. The molecule has 1 saturated carbocycles. The third kappa shape index (κ3) is 8.33. The van der Waals surface area contributed by atoms with Gasteiger partial charge in [0.2, 0.25) is 0 Å². The molecule has 0 aromatic carbocycles. The second kappa shape index (κ2) is 14.7. The molecule has 30 heavy (non-hydrogen) atoms. The number of fused-ring (bicyclic) bond motifs is 3. The van der Waals surface area contributed by atoms with Crippen molar-refractivity contribution in [3.05, 3.63) is 13.0 Å². The SMILES string of the molecule is [CH2]CCCCCCCCC(C#N)CCCCC(=O)[C]1OC2CCC1CC2C(Cl)CCl. The molecule has 0 N–H and O–H groups in total. The van der Waals surface area contributed by atoms with Crippen molar-refractivity contribution in [2.24, 2.45) is 17.8 Å². The van der Waals surface area contributed by atoms with Crippen LogP contribution >= 0.6 is 23.2 Å². The summed E-state index contributed by atoms with van der Waals surface area (Å²) in [5, 5.41) is 9.33. The average Bonchev–Trinajstić information content (AvgIpc) is 2.79. The maximum absolute atomic E-state index is 12.7. The maximum atomic E-state index is 12.7. The summed E-state index contributed by atoms with van der Waals surface area (Å²) < 4.78 is 6.05. The van der Waals surface area contributed by atoms with Crippen LogP contribution in [0.4, 0.5) is 0 Å². The van der Waals surface area contributed by atoms with E-state index in [2.05, 4.69) is 13.0 Å². The van der Waals surface area contributed by atoms with Gasteiger partial charge in [0.1, 0.15) is 0 Å². The number of carbonyl (C=O) groups is 1. The lowest BCUT2D eigenvalue weighted by atomic mass is 9.71. The minimum atomic E-state index is -0.0762. The van der Waals surface area contributed by atoms with Crippen molar-refractivity contribution in [2.75, 3.05) is 5.88 Å². The zero-order valence-electron chi connectivity index (χ0n) is 18.4. The molecule has 2 bridgehead atoms. The molecule has 2 heterocycles. The zero-order valence-corrected chi connectivity index (χ0v) is 19.9. The summed E-state index contributed by atoms with van der Waals surface area (Å²) in [6, 6.07) is 2.46. The molecule has 0 aromatic heterocycles. The summed E-state index contributed by atoms with van der Waals surface area (Å²) in [6.07, 6.45) is 16.4. The van der Waals surface area contributed by atoms with Crippen molar-refractivity contribution in [3.8, 4) is 6.07 Å². The number of carbonyl (C=O) groups excluding carboxylic acids is 1. The van der Waals surface area contributed by atoms with E-state index in [1.807, 2.05) is 0 Å². The van der Waals surface area contributed by atoms with Gasteiger partial charge in [-0.25, -0.2) is 0 Å². The third-order valence-electron chi connectivity index (χ3n) is 6.81. The van der Waals surface area contributed by atoms with Crippen molar-refractivity contribution < 1.29 is 9.53 Å². The third-order valence-corrected chi connectivity index (χ3v) is 7.78. The van der Waals surface area contributed by atoms with Gasteiger partial charge in [0, 0.05) is 24.1 Å². The fourth-order valence-corrected chi connectivity index (χ4v) is 5.45. The number of Topliss-reactive ketones (excluding diaryl/α,β-unsaturated/α-hetero) is 1. The Bertz CT molecular complexity index is 536. The molecule has 2 saturated heterocycles. The van der Waals surface area contributed by atoms with Crippen LogP contribution in [0.1, 0.15) is 96.3 Å². The molecule has 3 aliphatic rings. The molecule has 170 valence electrons. The molecule has 2 aliphatic heterocycles. The number of nitriles is 1. The van der Waals surface area contributed by atoms with E-state index in [0.717, 1.165) is 57.8 Å². The number of nitrogens with zero attached hydrogens (tertiary/aromatic N) is 1. The summed E-state index contributed by atoms with van der Waals surface area (Å²) in [4.78, 5) is 12.7. The number of ketones is 1. The van der Waals surface area contributed by atoms with E-state index >= 15 is 0 Å². The van der Waals surface area contributed by atoms with Gasteiger partial charge >= 0.3 is 0 Å². The minimum absolute atomic E-state index is 0.0526. The van der Waals surface area contributed by atoms with E-state index in [9.17, 15) is 10.1 Å². The topological polar surface area (TPSA) is 50.1 Å². The highest BCUT2D eigenvalue weighted by atomic mass is 35.5. The van der Waals surface area contributed by atoms with Gasteiger partial charge in [0.15, 0.2) is 11.9 Å². The molecule has 5 heteroatoms. The maximum Gasteiger partial charge on any atom is 0.168 e. The van der Waals surface area contributed by atoms with Crippen molar-refractivity contribution >= 4 is 29.0 Å². The quantitative estimate of drug-likeness (QED) is 0.180. The highest BCUT2D eigenvalue weighted by Gasteiger charge is 2.47. The monoisotopic (exact) mass is 455 g/mol. The molecular formula is C25H39Cl2NO2. The van der Waals surface area contributed by atoms with E-state index in [-0.39, 0.29) is 35.0 Å². The Hall–Kier alpha value is -0.300. The molecule has 0 amide bonds. The first-order valence-corrected chi connectivity index (χ1v) is 13.0. The first-order valence-electron chi connectivity index (χ1n) is 12.1. The van der Waals surface area contributed by atoms with Crippen LogP contribution in [0.5, 0.6) is 0 Å². The van der Waals surface area contributed by atoms with Crippen LogP contribution in [0, 0.1) is 42.1 Å². The zero-order chi connectivity index (χ0) is 21.8. The Kier molecular flexibility index (Phi) is 12.7. The highest BCUT2D eigenvalue weighted by molar-refractivity contribution is 6.28. The smallest absolute Gasteiger partial charge is 0.168 e. The van der Waals surface area contributed by atoms with Gasteiger partial charge in [0.25, 0.3) is 0 Å². The second-order valence-electron chi connectivity index (χ2n) is 9.12. The van der Waals surface area contributed by atoms with Crippen molar-refractivity contribution in [2.45, 2.75) is 108 Å². The van der Waals surface area contributed by atoms with Crippen molar-refractivity contribution in [3.63, 3.8) is 0 Å². The highest BCUT2D eigenvalue weighted by Crippen LogP contribution is 2.47. The molecule has 2 radical (unpaired) electrons. The number of hydrogen-bond donors (Lipinski definition) is 0. The van der Waals surface area contributed by atoms with Crippen LogP contribution in [-0.2, 0) is 9.53 Å². The van der Waals surface area contributed by atoms with E-state index < -0.39 is 0 Å². The summed E-state index contributed by atoms with van der Waals surface area (Å²) in [6.45, 7) is 3.87. The Balaban J connectivity index is 1.58. The molecule has 1 aliphatic carbocycles. The number of ether oxygens (including phenoxy) is 1. The molecule has 3 rings (SSSR count). The molecule has 0 spiro atoms. The standard InChI is InChI=1S/C25H39Cl2NO2/c1-2-3-4-5-6-7-8-11-19(18-28)12-9-10-13-23(29)25-20-14-15-24(30-25)21(16-20)22(27)17-26/h19-22,24H,1-17H2. The molecule has 5 unspecified atom stereocenters. The van der Waals surface area contributed by atoms with Gasteiger partial charge in [-0.1, -0.05) is 58.3 Å². The van der Waals surface area contributed by atoms with Gasteiger partial charge in [-0.15, -0.1) is 23.2 Å². The van der Waals surface area contributed by atoms with Crippen LogP contribution in [-0.4, -0.2) is 23.1 Å². The number of halogens is 2. The van der Waals surface area contributed by atoms with Gasteiger partial charge in [0.05, 0.1) is 17.6 Å². The van der Waals surface area contributed by atoms with Gasteiger partial charge in [-0.05, 0) is 44.4 Å². The molecule has 3 fully saturated rings. The van der Waals surface area contributed by atoms with Gasteiger partial charge in [-0.2, -0.15) is 5.26 Å². The first kappa shape index (κ1) is 26.0. The van der Waals surface area contributed by atoms with Crippen LogP contribution in [0.25, 0.3) is 0 Å². The Morgan fingerprint density at radius 3 is 2.37 bits per heavy atom. The second-order valence-corrected chi connectivity index (χ2v) is 9.99. The van der Waals surface area contributed by atoms with Crippen molar-refractivity contribution in [1.29, 1.82) is 5.26 Å². The minimum Gasteiger partial charge on any atom is -0.360 e. The molecular weight excluding hydrogens is 417 g/mol. The van der Waals surface area contributed by atoms with Crippen LogP contribution in [0.2, 0.25) is 0 Å². The Labute approximate surface area is 194 Å². The van der Waals surface area contributed by atoms with E-state index in [1.165, 1.54) is 32.1 Å². The van der Waals surface area contributed by atoms with Crippen LogP contribution in [0.15, 0.2) is 0 Å². The molecule has 3 nitrogen and oxygen atoms in total. The number of rotatable bonds is 16. The predicted molar refractivity (Wildman–Crippen MR) is 124 cm³/mol. The number of unbranched alkanes of at least 4 members (excludes halogenated alkanes) is 7. The number of hydrogen-bond acceptors (Lipinski definition) is 3. The van der Waals surface area contributed by atoms with Crippen molar-refractivity contribution in [1.82, 2.24) is 0 Å². The van der Waals surface area contributed by atoms with Crippen LogP contribution in [0.3, 0.4) is 0 Å². The summed E-state index contributed by atoms with van der Waals surface area (Å²) in [7, 11) is 0. The lowest BCUT2D eigenvalue weighted by Gasteiger charge is -2.47. The van der Waals surface area contributed by atoms with Gasteiger partial charge < -0.3 is 4.74 Å². The predicted octanol–water partition coefficient (Wildman–Crippen LogP) is 7.40. The lowest BCUT2D eigenvalue weighted by molar-refractivity contribution is -0.142. The van der Waals surface area contributed by atoms with Crippen LogP contribution < -0.4 is 0 Å². The number of alkyl halides is 2. The van der Waals surface area contributed by atoms with E-state index in [0.29, 0.717) is 18.4 Å². The molecule has 0 aromatic rings. The van der Waals surface area contributed by atoms with E-state index in [4.69, 9.17) is 27.9 Å². The fourth-order valence-electron chi connectivity index (χ4n) is 4.96. The normalized spacial score (nSPS) is 25.7. The van der Waals surface area contributed by atoms with E-state index in [1.54, 1.807) is 0 Å². The first-order chi connectivity index (χ1) is 14.6. The summed E-state index contributed by atoms with van der Waals surface area (Å²) in [5.41, 5.74) is 0. The lowest BCUT2D eigenvalue weighted by Crippen LogP contribution is -2.48. The fraction of sp³-hybridized carbons (Fsp3) is 0.840. The summed E-state index contributed by atoms with van der Waals surface area (Å²) in [5.74, 6) is 1.21. The Morgan fingerprint density at radius 1 is 1.10 bits per heavy atom. The average molecular weight is 456 g/mol. The molecule has 5 atom stereocenters. The summed E-state index contributed by atoms with van der Waals surface area (Å²) >= 11 is 12.3. The van der Waals surface area contributed by atoms with Gasteiger partial charge in [-0.3, -0.25) is 4.79 Å². The Morgan fingerprint density at radius 2 is 1.77 bits per heavy atom.